The molecule has 0 bridgehead atoms. The van der Waals surface area contributed by atoms with Crippen molar-refractivity contribution in [1.29, 1.82) is 0 Å². The maximum absolute atomic E-state index is 12.2. The number of benzene rings is 1. The van der Waals surface area contributed by atoms with Crippen LogP contribution in [0, 0.1) is 6.92 Å². The van der Waals surface area contributed by atoms with Gasteiger partial charge in [-0.1, -0.05) is 12.1 Å². The van der Waals surface area contributed by atoms with E-state index in [1.54, 1.807) is 31.5 Å². The number of alkyl halides is 3. The first-order chi connectivity index (χ1) is 9.71. The van der Waals surface area contributed by atoms with Crippen molar-refractivity contribution in [3.05, 3.63) is 48.3 Å². The van der Waals surface area contributed by atoms with E-state index in [0.717, 1.165) is 11.1 Å². The highest BCUT2D eigenvalue weighted by molar-refractivity contribution is 7.88. The molecule has 0 atom stereocenters. The number of nitrogens with zero attached hydrogens (tertiary/aromatic N) is 1. The van der Waals surface area contributed by atoms with Crippen molar-refractivity contribution in [3.8, 4) is 16.9 Å². The average Bonchev–Trinajstić information content (AvgIpc) is 2.38. The van der Waals surface area contributed by atoms with Crippen LogP contribution in [-0.4, -0.2) is 18.9 Å². The van der Waals surface area contributed by atoms with Gasteiger partial charge in [0.2, 0.25) is 0 Å². The van der Waals surface area contributed by atoms with Gasteiger partial charge in [0, 0.05) is 18.0 Å². The van der Waals surface area contributed by atoms with Crippen LogP contribution in [0.3, 0.4) is 0 Å². The summed E-state index contributed by atoms with van der Waals surface area (Å²) >= 11 is 0. The molecule has 0 fully saturated rings. The van der Waals surface area contributed by atoms with Crippen molar-refractivity contribution in [1.82, 2.24) is 4.98 Å². The molecule has 0 saturated heterocycles. The Hall–Kier alpha value is -2.09. The fourth-order valence-corrected chi connectivity index (χ4v) is 2.16. The van der Waals surface area contributed by atoms with Gasteiger partial charge in [0.25, 0.3) is 0 Å². The van der Waals surface area contributed by atoms with Crippen molar-refractivity contribution >= 4 is 10.1 Å². The first kappa shape index (κ1) is 15.3. The molecule has 1 aromatic heterocycles. The number of hydrogen-bond acceptors (Lipinski definition) is 4. The van der Waals surface area contributed by atoms with Crippen molar-refractivity contribution in [2.24, 2.45) is 0 Å². The minimum Gasteiger partial charge on any atom is -0.376 e. The Morgan fingerprint density at radius 3 is 2.43 bits per heavy atom. The molecule has 0 aliphatic rings. The molecule has 0 saturated carbocycles. The van der Waals surface area contributed by atoms with Crippen LogP contribution < -0.4 is 4.18 Å². The van der Waals surface area contributed by atoms with E-state index in [1.807, 2.05) is 0 Å². The summed E-state index contributed by atoms with van der Waals surface area (Å²) in [5, 5.41) is 0. The molecule has 2 aromatic rings. The van der Waals surface area contributed by atoms with Crippen LogP contribution in [0.25, 0.3) is 11.1 Å². The Labute approximate surface area is 119 Å². The maximum Gasteiger partial charge on any atom is 0.534 e. The lowest BCUT2D eigenvalue weighted by Crippen LogP contribution is -2.28. The highest BCUT2D eigenvalue weighted by Crippen LogP contribution is 2.30. The number of rotatable bonds is 3. The molecule has 0 aliphatic heterocycles. The number of aromatic nitrogens is 1. The highest BCUT2D eigenvalue weighted by Gasteiger charge is 2.48. The topological polar surface area (TPSA) is 56.3 Å². The second kappa shape index (κ2) is 5.36. The number of halogens is 3. The van der Waals surface area contributed by atoms with E-state index in [9.17, 15) is 21.6 Å². The Balaban J connectivity index is 2.33. The van der Waals surface area contributed by atoms with E-state index >= 15 is 0 Å². The predicted molar refractivity (Wildman–Crippen MR) is 70.0 cm³/mol. The van der Waals surface area contributed by atoms with Crippen molar-refractivity contribution in [3.63, 3.8) is 0 Å². The Kier molecular flexibility index (Phi) is 3.91. The van der Waals surface area contributed by atoms with Gasteiger partial charge < -0.3 is 4.18 Å². The molecule has 1 aromatic carbocycles. The molecule has 2 rings (SSSR count). The maximum atomic E-state index is 12.2. The Morgan fingerprint density at radius 1 is 1.19 bits per heavy atom. The molecule has 0 amide bonds. The van der Waals surface area contributed by atoms with Crippen molar-refractivity contribution in [2.45, 2.75) is 12.4 Å². The summed E-state index contributed by atoms with van der Waals surface area (Å²) in [7, 11) is -5.66. The standard InChI is InChI=1S/C13H10F3NO3S/c1-9-7-11(20-21(18,19)13(14,15)16)4-5-12(9)10-3-2-6-17-8-10/h2-8H,1H3. The first-order valence-electron chi connectivity index (χ1n) is 5.72. The Bertz CT molecular complexity index is 743. The molecule has 0 radical (unpaired) electrons. The third kappa shape index (κ3) is 3.33. The first-order valence-corrected chi connectivity index (χ1v) is 7.13. The molecule has 0 aliphatic carbocycles. The van der Waals surface area contributed by atoms with Crippen LogP contribution in [0.2, 0.25) is 0 Å². The van der Waals surface area contributed by atoms with Gasteiger partial charge in [-0.15, -0.1) is 0 Å². The third-order valence-electron chi connectivity index (χ3n) is 2.66. The SMILES string of the molecule is Cc1cc(OS(=O)(=O)C(F)(F)F)ccc1-c1cccnc1. The zero-order chi connectivity index (χ0) is 15.7. The fourth-order valence-electron chi connectivity index (χ4n) is 1.71. The number of aryl methyl sites for hydroxylation is 1. The molecule has 1 heterocycles. The van der Waals surface area contributed by atoms with E-state index < -0.39 is 21.4 Å². The van der Waals surface area contributed by atoms with Crippen LogP contribution in [0.5, 0.6) is 5.75 Å². The zero-order valence-corrected chi connectivity index (χ0v) is 11.6. The van der Waals surface area contributed by atoms with Crippen LogP contribution >= 0.6 is 0 Å². The number of hydrogen-bond donors (Lipinski definition) is 0. The van der Waals surface area contributed by atoms with E-state index in [2.05, 4.69) is 9.17 Å². The van der Waals surface area contributed by atoms with E-state index in [4.69, 9.17) is 0 Å². The van der Waals surface area contributed by atoms with Gasteiger partial charge in [-0.05, 0) is 36.2 Å². The van der Waals surface area contributed by atoms with Gasteiger partial charge >= 0.3 is 15.6 Å². The Morgan fingerprint density at radius 2 is 1.90 bits per heavy atom. The second-order valence-corrected chi connectivity index (χ2v) is 5.74. The predicted octanol–water partition coefficient (Wildman–Crippen LogP) is 3.29. The average molecular weight is 317 g/mol. The smallest absolute Gasteiger partial charge is 0.376 e. The summed E-state index contributed by atoms with van der Waals surface area (Å²) in [6.45, 7) is 1.63. The molecule has 4 nitrogen and oxygen atoms in total. The van der Waals surface area contributed by atoms with Gasteiger partial charge in [0.05, 0.1) is 0 Å². The largest absolute Gasteiger partial charge is 0.534 e. The zero-order valence-electron chi connectivity index (χ0n) is 10.8. The van der Waals surface area contributed by atoms with E-state index in [-0.39, 0.29) is 0 Å². The molecule has 0 unspecified atom stereocenters. The minimum atomic E-state index is -5.66. The summed E-state index contributed by atoms with van der Waals surface area (Å²) in [4.78, 5) is 3.94. The minimum absolute atomic E-state index is 0.391. The molecule has 112 valence electrons. The summed E-state index contributed by atoms with van der Waals surface area (Å²) in [5.41, 5.74) is -3.40. The summed E-state index contributed by atoms with van der Waals surface area (Å²) in [5.74, 6) is -0.391. The third-order valence-corrected chi connectivity index (χ3v) is 3.64. The van der Waals surface area contributed by atoms with Crippen LogP contribution in [0.4, 0.5) is 13.2 Å². The normalized spacial score (nSPS) is 12.2. The fraction of sp³-hybridized carbons (Fsp3) is 0.154. The van der Waals surface area contributed by atoms with E-state index in [1.165, 1.54) is 18.2 Å². The highest BCUT2D eigenvalue weighted by atomic mass is 32.2. The second-order valence-electron chi connectivity index (χ2n) is 4.20. The lowest BCUT2D eigenvalue weighted by molar-refractivity contribution is -0.0500. The van der Waals surface area contributed by atoms with E-state index in [0.29, 0.717) is 5.56 Å². The van der Waals surface area contributed by atoms with Gasteiger partial charge in [0.1, 0.15) is 5.75 Å². The van der Waals surface area contributed by atoms with Gasteiger partial charge in [-0.2, -0.15) is 21.6 Å². The summed E-state index contributed by atoms with van der Waals surface area (Å²) in [6, 6.07) is 7.37. The van der Waals surface area contributed by atoms with Gasteiger partial charge in [-0.3, -0.25) is 4.98 Å². The lowest BCUT2D eigenvalue weighted by Gasteiger charge is -2.11. The lowest BCUT2D eigenvalue weighted by atomic mass is 10.0. The number of pyridine rings is 1. The monoisotopic (exact) mass is 317 g/mol. The van der Waals surface area contributed by atoms with Crippen molar-refractivity contribution < 1.29 is 25.8 Å². The molecular formula is C13H10F3NO3S. The quantitative estimate of drug-likeness (QED) is 0.644. The molecule has 8 heteroatoms. The molecule has 0 spiro atoms. The van der Waals surface area contributed by atoms with Gasteiger partial charge in [-0.25, -0.2) is 0 Å². The molecule has 21 heavy (non-hydrogen) atoms. The summed E-state index contributed by atoms with van der Waals surface area (Å²) in [6.07, 6.45) is 3.18. The van der Waals surface area contributed by atoms with Gasteiger partial charge in [0.15, 0.2) is 0 Å². The molecule has 0 N–H and O–H groups in total. The summed E-state index contributed by atoms with van der Waals surface area (Å²) < 4.78 is 62.7. The van der Waals surface area contributed by atoms with Crippen LogP contribution in [0.15, 0.2) is 42.7 Å². The van der Waals surface area contributed by atoms with Crippen LogP contribution in [0.1, 0.15) is 5.56 Å². The molecular weight excluding hydrogens is 307 g/mol. The van der Waals surface area contributed by atoms with Crippen molar-refractivity contribution in [2.75, 3.05) is 0 Å². The van der Waals surface area contributed by atoms with Crippen LogP contribution in [-0.2, 0) is 10.1 Å².